The highest BCUT2D eigenvalue weighted by atomic mass is 35.5. The first-order valence-corrected chi connectivity index (χ1v) is 5.68. The van der Waals surface area contributed by atoms with Crippen molar-refractivity contribution >= 4 is 30.7 Å². The highest BCUT2D eigenvalue weighted by Crippen LogP contribution is 2.11. The molecule has 2 unspecified atom stereocenters. The van der Waals surface area contributed by atoms with Gasteiger partial charge in [0.1, 0.15) is 0 Å². The summed E-state index contributed by atoms with van der Waals surface area (Å²) in [6.07, 6.45) is 0. The molecule has 0 saturated carbocycles. The van der Waals surface area contributed by atoms with Crippen LogP contribution in [0.1, 0.15) is 20.8 Å². The lowest BCUT2D eigenvalue weighted by atomic mass is 10.0. The molecule has 1 saturated heterocycles. The van der Waals surface area contributed by atoms with Gasteiger partial charge in [0.25, 0.3) is 0 Å². The van der Waals surface area contributed by atoms with Crippen molar-refractivity contribution in [3.8, 4) is 0 Å². The Hall–Kier alpha value is -0.0300. The number of rotatable bonds is 2. The van der Waals surface area contributed by atoms with Crippen molar-refractivity contribution in [2.75, 3.05) is 26.7 Å². The molecule has 17 heavy (non-hydrogen) atoms. The number of halogens is 2. The summed E-state index contributed by atoms with van der Waals surface area (Å²) in [6.45, 7) is 8.75. The number of nitrogens with zero attached hydrogens (tertiary/aromatic N) is 2. The second-order valence-electron chi connectivity index (χ2n) is 4.91. The van der Waals surface area contributed by atoms with Crippen molar-refractivity contribution in [1.82, 2.24) is 9.80 Å². The highest BCUT2D eigenvalue weighted by Gasteiger charge is 2.30. The van der Waals surface area contributed by atoms with Crippen LogP contribution in [0.3, 0.4) is 0 Å². The zero-order valence-electron chi connectivity index (χ0n) is 11.0. The van der Waals surface area contributed by atoms with Crippen LogP contribution in [0.25, 0.3) is 0 Å². The molecule has 1 heterocycles. The summed E-state index contributed by atoms with van der Waals surface area (Å²) in [5.41, 5.74) is 5.88. The molecule has 0 aromatic rings. The van der Waals surface area contributed by atoms with Crippen LogP contribution in [0.4, 0.5) is 0 Å². The largest absolute Gasteiger partial charge is 0.336 e. The minimum atomic E-state index is -0.351. The third kappa shape index (κ3) is 5.00. The van der Waals surface area contributed by atoms with E-state index in [1.54, 1.807) is 0 Å². The summed E-state index contributed by atoms with van der Waals surface area (Å²) < 4.78 is 0. The molecule has 0 aromatic carbocycles. The maximum absolute atomic E-state index is 12.0. The number of nitrogens with two attached hydrogens (primary N) is 1. The normalized spacial score (nSPS) is 22.7. The predicted octanol–water partition coefficient (Wildman–Crippen LogP) is 0.976. The van der Waals surface area contributed by atoms with E-state index < -0.39 is 0 Å². The number of likely N-dealkylation sites (N-methyl/N-ethyl adjacent to an activating group) is 1. The number of amides is 1. The number of piperazine rings is 1. The van der Waals surface area contributed by atoms with Crippen molar-refractivity contribution in [3.05, 3.63) is 0 Å². The van der Waals surface area contributed by atoms with Gasteiger partial charge in [-0.1, -0.05) is 13.8 Å². The monoisotopic (exact) mass is 285 g/mol. The first-order chi connectivity index (χ1) is 6.93. The number of carbonyl (C=O) groups is 1. The zero-order chi connectivity index (χ0) is 11.6. The van der Waals surface area contributed by atoms with Crippen LogP contribution in [0.5, 0.6) is 0 Å². The average Bonchev–Trinajstić information content (AvgIpc) is 2.15. The topological polar surface area (TPSA) is 49.6 Å². The highest BCUT2D eigenvalue weighted by molar-refractivity contribution is 5.85. The SMILES string of the molecule is CC(C)C(N)C(=O)N1CCN(C)CC1C.Cl.Cl. The number of carbonyl (C=O) groups excluding carboxylic acids is 1. The second-order valence-corrected chi connectivity index (χ2v) is 4.91. The third-order valence-corrected chi connectivity index (χ3v) is 3.12. The van der Waals surface area contributed by atoms with E-state index >= 15 is 0 Å². The van der Waals surface area contributed by atoms with Crippen molar-refractivity contribution in [3.63, 3.8) is 0 Å². The molecule has 0 spiro atoms. The molecule has 1 rings (SSSR count). The van der Waals surface area contributed by atoms with E-state index in [9.17, 15) is 4.79 Å². The van der Waals surface area contributed by atoms with Gasteiger partial charge < -0.3 is 15.5 Å². The molecule has 2 N–H and O–H groups in total. The molecule has 0 radical (unpaired) electrons. The van der Waals surface area contributed by atoms with Crippen LogP contribution in [-0.4, -0.2) is 54.5 Å². The van der Waals surface area contributed by atoms with Gasteiger partial charge in [-0.25, -0.2) is 0 Å². The summed E-state index contributed by atoms with van der Waals surface area (Å²) in [7, 11) is 2.08. The molecular formula is C11H25Cl2N3O. The van der Waals surface area contributed by atoms with Gasteiger partial charge in [-0.15, -0.1) is 24.8 Å². The predicted molar refractivity (Wildman–Crippen MR) is 76.0 cm³/mol. The second kappa shape index (κ2) is 8.14. The standard InChI is InChI=1S/C11H23N3O.2ClH/c1-8(2)10(12)11(15)14-6-5-13(4)7-9(14)3;;/h8-10H,5-7,12H2,1-4H3;2*1H. The third-order valence-electron chi connectivity index (χ3n) is 3.12. The molecule has 0 aliphatic carbocycles. The molecule has 1 fully saturated rings. The fraction of sp³-hybridized carbons (Fsp3) is 0.909. The van der Waals surface area contributed by atoms with E-state index in [-0.39, 0.29) is 48.7 Å². The quantitative estimate of drug-likeness (QED) is 0.823. The Balaban J connectivity index is 0. The van der Waals surface area contributed by atoms with E-state index in [4.69, 9.17) is 5.73 Å². The summed E-state index contributed by atoms with van der Waals surface area (Å²) in [4.78, 5) is 16.2. The van der Waals surface area contributed by atoms with Gasteiger partial charge in [0.2, 0.25) is 5.91 Å². The molecular weight excluding hydrogens is 261 g/mol. The first kappa shape index (κ1) is 19.3. The van der Waals surface area contributed by atoms with Gasteiger partial charge in [0, 0.05) is 25.7 Å². The lowest BCUT2D eigenvalue weighted by molar-refractivity contribution is -0.137. The minimum Gasteiger partial charge on any atom is -0.336 e. The Morgan fingerprint density at radius 3 is 2.24 bits per heavy atom. The van der Waals surface area contributed by atoms with Crippen LogP contribution in [0, 0.1) is 5.92 Å². The average molecular weight is 286 g/mol. The molecule has 0 bridgehead atoms. The van der Waals surface area contributed by atoms with Crippen molar-refractivity contribution in [1.29, 1.82) is 0 Å². The van der Waals surface area contributed by atoms with Crippen LogP contribution in [0.2, 0.25) is 0 Å². The van der Waals surface area contributed by atoms with Crippen LogP contribution in [0.15, 0.2) is 0 Å². The molecule has 1 aliphatic heterocycles. The number of hydrogen-bond acceptors (Lipinski definition) is 3. The summed E-state index contributed by atoms with van der Waals surface area (Å²) >= 11 is 0. The van der Waals surface area contributed by atoms with Gasteiger partial charge in [0.05, 0.1) is 6.04 Å². The summed E-state index contributed by atoms with van der Waals surface area (Å²) in [5, 5.41) is 0. The van der Waals surface area contributed by atoms with E-state index in [0.29, 0.717) is 0 Å². The Bertz CT molecular complexity index is 239. The molecule has 6 heteroatoms. The Kier molecular flexibility index (Phi) is 9.25. The lowest BCUT2D eigenvalue weighted by Crippen LogP contribution is -2.57. The van der Waals surface area contributed by atoms with Crippen molar-refractivity contribution < 1.29 is 4.79 Å². The van der Waals surface area contributed by atoms with E-state index in [1.165, 1.54) is 0 Å². The lowest BCUT2D eigenvalue weighted by Gasteiger charge is -2.39. The Morgan fingerprint density at radius 2 is 1.82 bits per heavy atom. The van der Waals surface area contributed by atoms with Crippen molar-refractivity contribution in [2.45, 2.75) is 32.9 Å². The maximum Gasteiger partial charge on any atom is 0.240 e. The number of hydrogen-bond donors (Lipinski definition) is 1. The minimum absolute atomic E-state index is 0. The smallest absolute Gasteiger partial charge is 0.240 e. The van der Waals surface area contributed by atoms with E-state index in [2.05, 4.69) is 18.9 Å². The molecule has 104 valence electrons. The summed E-state index contributed by atoms with van der Waals surface area (Å²) in [6, 6.07) is -0.0723. The van der Waals surface area contributed by atoms with Gasteiger partial charge in [-0.2, -0.15) is 0 Å². The Morgan fingerprint density at radius 1 is 1.29 bits per heavy atom. The fourth-order valence-corrected chi connectivity index (χ4v) is 1.94. The van der Waals surface area contributed by atoms with Gasteiger partial charge in [-0.3, -0.25) is 4.79 Å². The van der Waals surface area contributed by atoms with E-state index in [1.807, 2.05) is 18.7 Å². The molecule has 1 amide bonds. The van der Waals surface area contributed by atoms with Crippen LogP contribution in [-0.2, 0) is 4.79 Å². The van der Waals surface area contributed by atoms with Crippen LogP contribution < -0.4 is 5.73 Å². The first-order valence-electron chi connectivity index (χ1n) is 5.68. The van der Waals surface area contributed by atoms with Gasteiger partial charge in [0.15, 0.2) is 0 Å². The van der Waals surface area contributed by atoms with Crippen LogP contribution >= 0.6 is 24.8 Å². The molecule has 1 aliphatic rings. The Labute approximate surface area is 117 Å². The van der Waals surface area contributed by atoms with E-state index in [0.717, 1.165) is 19.6 Å². The zero-order valence-corrected chi connectivity index (χ0v) is 12.7. The fourth-order valence-electron chi connectivity index (χ4n) is 1.94. The molecule has 2 atom stereocenters. The molecule has 4 nitrogen and oxygen atoms in total. The van der Waals surface area contributed by atoms with Crippen molar-refractivity contribution in [2.24, 2.45) is 11.7 Å². The van der Waals surface area contributed by atoms with Gasteiger partial charge in [-0.05, 0) is 19.9 Å². The maximum atomic E-state index is 12.0. The van der Waals surface area contributed by atoms with Gasteiger partial charge >= 0.3 is 0 Å². The molecule has 0 aromatic heterocycles. The summed E-state index contributed by atoms with van der Waals surface area (Å²) in [5.74, 6) is 0.315.